The van der Waals surface area contributed by atoms with Gasteiger partial charge in [-0.25, -0.2) is 9.67 Å². The van der Waals surface area contributed by atoms with Crippen molar-refractivity contribution in [2.45, 2.75) is 50.7 Å². The summed E-state index contributed by atoms with van der Waals surface area (Å²) in [5.74, 6) is -0.483. The highest BCUT2D eigenvalue weighted by molar-refractivity contribution is 5.88. The predicted octanol–water partition coefficient (Wildman–Crippen LogP) is 0.500. The zero-order chi connectivity index (χ0) is 16.2. The molecule has 2 aliphatic heterocycles. The van der Waals surface area contributed by atoms with Gasteiger partial charge in [0.05, 0.1) is 18.6 Å². The lowest BCUT2D eigenvalue weighted by atomic mass is 10.0. The van der Waals surface area contributed by atoms with E-state index in [2.05, 4.69) is 10.1 Å². The normalized spacial score (nSPS) is 25.3. The summed E-state index contributed by atoms with van der Waals surface area (Å²) < 4.78 is 7.30. The second-order valence-electron chi connectivity index (χ2n) is 6.24. The molecule has 0 saturated carbocycles. The highest BCUT2D eigenvalue weighted by Gasteiger charge is 2.28. The van der Waals surface area contributed by atoms with Gasteiger partial charge in [-0.1, -0.05) is 0 Å². The van der Waals surface area contributed by atoms with Gasteiger partial charge in [-0.05, 0) is 32.1 Å². The van der Waals surface area contributed by atoms with Crippen LogP contribution >= 0.6 is 0 Å². The molecule has 23 heavy (non-hydrogen) atoms. The van der Waals surface area contributed by atoms with Crippen LogP contribution in [0.15, 0.2) is 6.33 Å². The van der Waals surface area contributed by atoms with E-state index >= 15 is 0 Å². The second-order valence-corrected chi connectivity index (χ2v) is 6.24. The number of likely N-dealkylation sites (tertiary alicyclic amines) is 1. The molecule has 2 N–H and O–H groups in total. The fourth-order valence-corrected chi connectivity index (χ4v) is 3.25. The van der Waals surface area contributed by atoms with Crippen molar-refractivity contribution in [2.24, 2.45) is 5.73 Å². The van der Waals surface area contributed by atoms with E-state index in [9.17, 15) is 9.59 Å². The lowest BCUT2D eigenvalue weighted by Gasteiger charge is -2.34. The molecule has 2 aliphatic rings. The number of piperidine rings is 1. The number of aromatic nitrogens is 3. The lowest BCUT2D eigenvalue weighted by molar-refractivity contribution is -0.136. The molecule has 0 unspecified atom stereocenters. The molecule has 0 aromatic carbocycles. The molecule has 2 amide bonds. The number of nitrogens with two attached hydrogens (primary N) is 1. The van der Waals surface area contributed by atoms with Crippen molar-refractivity contribution in [2.75, 3.05) is 19.7 Å². The minimum Gasteiger partial charge on any atom is -0.378 e. The summed E-state index contributed by atoms with van der Waals surface area (Å²) in [5, 5.41) is 4.11. The van der Waals surface area contributed by atoms with Crippen LogP contribution in [-0.4, -0.2) is 57.3 Å². The van der Waals surface area contributed by atoms with Crippen molar-refractivity contribution in [1.82, 2.24) is 19.7 Å². The highest BCUT2D eigenvalue weighted by atomic mass is 16.5. The Balaban J connectivity index is 1.58. The fraction of sp³-hybridized carbons (Fsp3) is 0.733. The van der Waals surface area contributed by atoms with E-state index in [1.165, 1.54) is 6.33 Å². The smallest absolute Gasteiger partial charge is 0.288 e. The van der Waals surface area contributed by atoms with Crippen LogP contribution in [0.1, 0.15) is 55.2 Å². The van der Waals surface area contributed by atoms with E-state index in [0.717, 1.165) is 45.3 Å². The average Bonchev–Trinajstić information content (AvgIpc) is 3.06. The monoisotopic (exact) mass is 321 g/mol. The van der Waals surface area contributed by atoms with Crippen LogP contribution in [0, 0.1) is 0 Å². The molecule has 3 heterocycles. The molecule has 8 nitrogen and oxygen atoms in total. The third-order valence-electron chi connectivity index (χ3n) is 4.53. The van der Waals surface area contributed by atoms with Crippen LogP contribution in [0.25, 0.3) is 0 Å². The Kier molecular flexibility index (Phi) is 4.90. The van der Waals surface area contributed by atoms with Gasteiger partial charge in [0.2, 0.25) is 11.7 Å². The number of hydrogen-bond acceptors (Lipinski definition) is 5. The number of carbonyl (C=O) groups is 2. The Bertz CT molecular complexity index is 567. The van der Waals surface area contributed by atoms with E-state index in [1.54, 1.807) is 4.68 Å². The van der Waals surface area contributed by atoms with Gasteiger partial charge >= 0.3 is 0 Å². The summed E-state index contributed by atoms with van der Waals surface area (Å²) in [6.45, 7) is 2.11. The molecule has 0 bridgehead atoms. The zero-order valence-electron chi connectivity index (χ0n) is 13.2. The van der Waals surface area contributed by atoms with Crippen molar-refractivity contribution in [3.05, 3.63) is 12.2 Å². The van der Waals surface area contributed by atoms with Gasteiger partial charge in [0.1, 0.15) is 6.33 Å². The Morgan fingerprint density at radius 2 is 2.17 bits per heavy atom. The number of primary amides is 1. The van der Waals surface area contributed by atoms with Crippen LogP contribution in [0.2, 0.25) is 0 Å². The minimum atomic E-state index is -0.637. The summed E-state index contributed by atoms with van der Waals surface area (Å²) in [6, 6.07) is 0.0422. The first-order valence-corrected chi connectivity index (χ1v) is 8.24. The van der Waals surface area contributed by atoms with Gasteiger partial charge in [-0.15, -0.1) is 5.10 Å². The first-order valence-electron chi connectivity index (χ1n) is 8.24. The standard InChI is InChI=1S/C15H23N5O3/c16-14(22)15-17-10-20(18-15)11-4-3-6-19(9-11)13(21)8-12-5-1-2-7-23-12/h10-12H,1-9H2,(H2,16,22)/t11-,12+/m1/s1. The Morgan fingerprint density at radius 3 is 2.87 bits per heavy atom. The molecule has 2 fully saturated rings. The third-order valence-corrected chi connectivity index (χ3v) is 4.53. The number of nitrogens with zero attached hydrogens (tertiary/aromatic N) is 4. The summed E-state index contributed by atoms with van der Waals surface area (Å²) >= 11 is 0. The Labute approximate surface area is 135 Å². The van der Waals surface area contributed by atoms with Crippen molar-refractivity contribution >= 4 is 11.8 Å². The summed E-state index contributed by atoms with van der Waals surface area (Å²) in [5.41, 5.74) is 5.18. The number of amides is 2. The fourth-order valence-electron chi connectivity index (χ4n) is 3.25. The predicted molar refractivity (Wildman–Crippen MR) is 81.6 cm³/mol. The minimum absolute atomic E-state index is 0.0176. The largest absolute Gasteiger partial charge is 0.378 e. The van der Waals surface area contributed by atoms with Crippen molar-refractivity contribution < 1.29 is 14.3 Å². The molecule has 1 aromatic rings. The van der Waals surface area contributed by atoms with Gasteiger partial charge < -0.3 is 15.4 Å². The SMILES string of the molecule is NC(=O)c1ncn([C@@H]2CCCN(C(=O)C[C@@H]3CCCCO3)C2)n1. The molecule has 126 valence electrons. The molecule has 0 radical (unpaired) electrons. The van der Waals surface area contributed by atoms with Crippen molar-refractivity contribution in [1.29, 1.82) is 0 Å². The van der Waals surface area contributed by atoms with Crippen LogP contribution < -0.4 is 5.73 Å². The molecule has 1 aromatic heterocycles. The number of carbonyl (C=O) groups excluding carboxylic acids is 2. The van der Waals surface area contributed by atoms with Gasteiger partial charge in [-0.2, -0.15) is 0 Å². The number of hydrogen-bond donors (Lipinski definition) is 1. The van der Waals surface area contributed by atoms with Gasteiger partial charge in [-0.3, -0.25) is 9.59 Å². The summed E-state index contributed by atoms with van der Waals surface area (Å²) in [4.78, 5) is 29.4. The maximum Gasteiger partial charge on any atom is 0.288 e. The van der Waals surface area contributed by atoms with Crippen LogP contribution in [-0.2, 0) is 9.53 Å². The molecular formula is C15H23N5O3. The van der Waals surface area contributed by atoms with Gasteiger partial charge in [0.25, 0.3) is 5.91 Å². The third kappa shape index (κ3) is 3.87. The second kappa shape index (κ2) is 7.08. The first-order chi connectivity index (χ1) is 11.1. The maximum absolute atomic E-state index is 12.5. The number of rotatable bonds is 4. The Hall–Kier alpha value is -1.96. The topological polar surface area (TPSA) is 103 Å². The van der Waals surface area contributed by atoms with E-state index in [0.29, 0.717) is 13.0 Å². The zero-order valence-corrected chi connectivity index (χ0v) is 13.2. The molecule has 8 heteroatoms. The lowest BCUT2D eigenvalue weighted by Crippen LogP contribution is -2.42. The van der Waals surface area contributed by atoms with Crippen LogP contribution in [0.4, 0.5) is 0 Å². The van der Waals surface area contributed by atoms with Gasteiger partial charge in [0.15, 0.2) is 0 Å². The summed E-state index contributed by atoms with van der Waals surface area (Å²) in [7, 11) is 0. The molecule has 0 spiro atoms. The van der Waals surface area contributed by atoms with Gasteiger partial charge in [0, 0.05) is 19.7 Å². The molecular weight excluding hydrogens is 298 g/mol. The van der Waals surface area contributed by atoms with E-state index < -0.39 is 5.91 Å². The maximum atomic E-state index is 12.5. The van der Waals surface area contributed by atoms with Crippen LogP contribution in [0.5, 0.6) is 0 Å². The van der Waals surface area contributed by atoms with E-state index in [-0.39, 0.29) is 23.9 Å². The number of ether oxygens (including phenoxy) is 1. The summed E-state index contributed by atoms with van der Waals surface area (Å²) in [6.07, 6.45) is 7.04. The molecule has 0 aliphatic carbocycles. The van der Waals surface area contributed by atoms with Crippen molar-refractivity contribution in [3.8, 4) is 0 Å². The van der Waals surface area contributed by atoms with Crippen LogP contribution in [0.3, 0.4) is 0 Å². The first kappa shape index (κ1) is 15.9. The highest BCUT2D eigenvalue weighted by Crippen LogP contribution is 2.23. The average molecular weight is 321 g/mol. The molecule has 2 saturated heterocycles. The van der Waals surface area contributed by atoms with Crippen molar-refractivity contribution in [3.63, 3.8) is 0 Å². The molecule has 3 rings (SSSR count). The van der Waals surface area contributed by atoms with E-state index in [4.69, 9.17) is 10.5 Å². The molecule has 2 atom stereocenters. The Morgan fingerprint density at radius 1 is 1.30 bits per heavy atom. The van der Waals surface area contributed by atoms with E-state index in [1.807, 2.05) is 4.90 Å². The quantitative estimate of drug-likeness (QED) is 0.869.